The van der Waals surface area contributed by atoms with E-state index in [1.54, 1.807) is 12.2 Å². The number of benzene rings is 1. The summed E-state index contributed by atoms with van der Waals surface area (Å²) in [4.78, 5) is 0.282. The van der Waals surface area contributed by atoms with Crippen molar-refractivity contribution in [2.75, 3.05) is 0 Å². The highest BCUT2D eigenvalue weighted by atomic mass is 32.2. The maximum Gasteiger partial charge on any atom is 0.416 e. The van der Waals surface area contributed by atoms with Gasteiger partial charge >= 0.3 is 16.3 Å². The van der Waals surface area contributed by atoms with E-state index in [0.717, 1.165) is 29.7 Å². The third kappa shape index (κ3) is 5.49. The Labute approximate surface area is 183 Å². The van der Waals surface area contributed by atoms with Gasteiger partial charge in [-0.15, -0.1) is 0 Å². The number of thioether (sulfide) groups is 1. The van der Waals surface area contributed by atoms with Crippen LogP contribution in [0.1, 0.15) is 25.8 Å². The monoisotopic (exact) mass is 468 g/mol. The standard InChI is InChI=1S/C21H19F3N2O3S2/c1-13-3-4-14(2)17(11-13)18(12-25)19-9-10-20(30-19)26-29-31(27,28)16-7-5-15(6-8-16)21(22,23)24/h3-10,13,20,26H,11H2,1-2H3/b19-18+. The van der Waals surface area contributed by atoms with Crippen molar-refractivity contribution in [1.29, 1.82) is 5.26 Å². The first-order chi connectivity index (χ1) is 14.5. The van der Waals surface area contributed by atoms with Gasteiger partial charge in [-0.3, -0.25) is 0 Å². The number of hydrogen-bond donors (Lipinski definition) is 1. The average Bonchev–Trinajstić information content (AvgIpc) is 3.18. The molecule has 0 aromatic heterocycles. The summed E-state index contributed by atoms with van der Waals surface area (Å²) in [6.07, 6.45) is 3.62. The van der Waals surface area contributed by atoms with Crippen LogP contribution >= 0.6 is 11.8 Å². The van der Waals surface area contributed by atoms with Crippen LogP contribution in [-0.2, 0) is 20.6 Å². The molecule has 1 heterocycles. The zero-order chi connectivity index (χ0) is 22.8. The fourth-order valence-electron chi connectivity index (χ4n) is 3.10. The topological polar surface area (TPSA) is 79.2 Å². The maximum atomic E-state index is 12.6. The van der Waals surface area contributed by atoms with Crippen LogP contribution in [0, 0.1) is 17.2 Å². The Morgan fingerprint density at radius 1 is 1.23 bits per heavy atom. The molecule has 31 heavy (non-hydrogen) atoms. The Morgan fingerprint density at radius 3 is 2.52 bits per heavy atom. The highest BCUT2D eigenvalue weighted by molar-refractivity contribution is 8.04. The molecule has 0 amide bonds. The Kier molecular flexibility index (Phi) is 6.81. The third-order valence-electron chi connectivity index (χ3n) is 4.76. The van der Waals surface area contributed by atoms with Gasteiger partial charge in [-0.25, -0.2) is 0 Å². The quantitative estimate of drug-likeness (QED) is 0.471. The summed E-state index contributed by atoms with van der Waals surface area (Å²) >= 11 is 1.22. The van der Waals surface area contributed by atoms with Crippen molar-refractivity contribution in [3.63, 3.8) is 0 Å². The molecular weight excluding hydrogens is 449 g/mol. The van der Waals surface area contributed by atoms with Crippen LogP contribution < -0.4 is 5.48 Å². The minimum atomic E-state index is -4.56. The van der Waals surface area contributed by atoms with Crippen molar-refractivity contribution in [2.24, 2.45) is 5.92 Å². The Balaban J connectivity index is 1.69. The first-order valence-electron chi connectivity index (χ1n) is 9.25. The van der Waals surface area contributed by atoms with Crippen LogP contribution in [-0.4, -0.2) is 13.8 Å². The van der Waals surface area contributed by atoms with Gasteiger partial charge in [-0.05, 0) is 60.8 Å². The lowest BCUT2D eigenvalue weighted by Crippen LogP contribution is -2.26. The molecule has 0 fully saturated rings. The lowest BCUT2D eigenvalue weighted by Gasteiger charge is -2.19. The van der Waals surface area contributed by atoms with E-state index in [1.165, 1.54) is 11.8 Å². The fourth-order valence-corrected chi connectivity index (χ4v) is 4.92. The molecule has 3 rings (SSSR count). The summed E-state index contributed by atoms with van der Waals surface area (Å²) in [6.45, 7) is 4.00. The van der Waals surface area contributed by atoms with Crippen LogP contribution in [0.25, 0.3) is 0 Å². The van der Waals surface area contributed by atoms with Crippen LogP contribution in [0.3, 0.4) is 0 Å². The predicted octanol–water partition coefficient (Wildman–Crippen LogP) is 5.23. The molecule has 2 aliphatic rings. The molecule has 0 radical (unpaired) electrons. The van der Waals surface area contributed by atoms with Crippen LogP contribution in [0.15, 0.2) is 75.1 Å². The van der Waals surface area contributed by atoms with E-state index in [0.29, 0.717) is 28.5 Å². The first-order valence-corrected chi connectivity index (χ1v) is 11.5. The summed E-state index contributed by atoms with van der Waals surface area (Å²) in [5.74, 6) is 0.309. The largest absolute Gasteiger partial charge is 0.416 e. The van der Waals surface area contributed by atoms with Gasteiger partial charge in [0, 0.05) is 4.91 Å². The van der Waals surface area contributed by atoms with Crippen LogP contribution in [0.2, 0.25) is 0 Å². The molecule has 5 nitrogen and oxygen atoms in total. The molecule has 0 saturated heterocycles. The molecule has 1 aliphatic carbocycles. The van der Waals surface area contributed by atoms with Gasteiger partial charge in [-0.1, -0.05) is 36.9 Å². The van der Waals surface area contributed by atoms with Gasteiger partial charge in [0.05, 0.1) is 16.0 Å². The number of hydrogen-bond acceptors (Lipinski definition) is 6. The van der Waals surface area contributed by atoms with E-state index < -0.39 is 32.1 Å². The number of hydroxylamine groups is 1. The second-order valence-corrected chi connectivity index (χ2v) is 9.86. The summed E-state index contributed by atoms with van der Waals surface area (Å²) < 4.78 is 67.3. The zero-order valence-corrected chi connectivity index (χ0v) is 18.2. The molecule has 0 saturated carbocycles. The molecule has 1 N–H and O–H groups in total. The number of nitriles is 1. The van der Waals surface area contributed by atoms with Crippen molar-refractivity contribution in [3.05, 3.63) is 75.8 Å². The molecule has 1 aliphatic heterocycles. The highest BCUT2D eigenvalue weighted by Gasteiger charge is 2.31. The van der Waals surface area contributed by atoms with E-state index in [1.807, 2.05) is 13.0 Å². The summed E-state index contributed by atoms with van der Waals surface area (Å²) in [6, 6.07) is 5.27. The Bertz CT molecular complexity index is 1130. The van der Waals surface area contributed by atoms with E-state index in [-0.39, 0.29) is 0 Å². The summed E-state index contributed by atoms with van der Waals surface area (Å²) in [5, 5.41) is 9.09. The smallest absolute Gasteiger partial charge is 0.192 e. The number of nitrogens with zero attached hydrogens (tertiary/aromatic N) is 1. The van der Waals surface area contributed by atoms with E-state index in [9.17, 15) is 26.9 Å². The van der Waals surface area contributed by atoms with Crippen molar-refractivity contribution in [1.82, 2.24) is 5.48 Å². The van der Waals surface area contributed by atoms with Gasteiger partial charge < -0.3 is 0 Å². The molecule has 1 aromatic carbocycles. The number of alkyl halides is 3. The number of halogens is 3. The fraction of sp³-hybridized carbons (Fsp3) is 0.286. The molecular formula is C21H19F3N2O3S2. The number of nitrogens with one attached hydrogen (secondary N) is 1. The molecule has 164 valence electrons. The zero-order valence-electron chi connectivity index (χ0n) is 16.6. The second-order valence-electron chi connectivity index (χ2n) is 7.13. The van der Waals surface area contributed by atoms with Gasteiger partial charge in [0.2, 0.25) is 0 Å². The molecule has 1 aromatic rings. The van der Waals surface area contributed by atoms with Gasteiger partial charge in [0.15, 0.2) is 0 Å². The number of rotatable bonds is 5. The SMILES string of the molecule is CC1=C(/C(C#N)=C2\C=CC(NOS(=O)(=O)c3ccc(C(F)(F)F)cc3)S2)CC(C)C=C1. The van der Waals surface area contributed by atoms with Crippen LogP contribution in [0.4, 0.5) is 13.2 Å². The van der Waals surface area contributed by atoms with Crippen molar-refractivity contribution in [3.8, 4) is 6.07 Å². The molecule has 2 unspecified atom stereocenters. The van der Waals surface area contributed by atoms with Gasteiger partial charge in [0.25, 0.3) is 0 Å². The predicted molar refractivity (Wildman–Crippen MR) is 112 cm³/mol. The minimum absolute atomic E-state index is 0.309. The molecule has 0 bridgehead atoms. The van der Waals surface area contributed by atoms with E-state index in [2.05, 4.69) is 24.5 Å². The molecule has 10 heteroatoms. The van der Waals surface area contributed by atoms with E-state index >= 15 is 0 Å². The average molecular weight is 469 g/mol. The second kappa shape index (κ2) is 9.04. The normalized spacial score (nSPS) is 23.2. The highest BCUT2D eigenvalue weighted by Crippen LogP contribution is 2.38. The van der Waals surface area contributed by atoms with Crippen molar-refractivity contribution in [2.45, 2.75) is 36.7 Å². The molecule has 2 atom stereocenters. The number of allylic oxidation sites excluding steroid dienone is 6. The van der Waals surface area contributed by atoms with E-state index in [4.69, 9.17) is 4.28 Å². The third-order valence-corrected chi connectivity index (χ3v) is 7.02. The molecule has 0 spiro atoms. The van der Waals surface area contributed by atoms with Crippen LogP contribution in [0.5, 0.6) is 0 Å². The Morgan fingerprint density at radius 2 is 1.90 bits per heavy atom. The summed E-state index contributed by atoms with van der Waals surface area (Å²) in [7, 11) is -4.32. The van der Waals surface area contributed by atoms with Crippen molar-refractivity contribution < 1.29 is 25.9 Å². The van der Waals surface area contributed by atoms with Gasteiger partial charge in [-0.2, -0.15) is 36.6 Å². The lowest BCUT2D eigenvalue weighted by molar-refractivity contribution is -0.137. The first kappa shape index (κ1) is 23.3. The van der Waals surface area contributed by atoms with Gasteiger partial charge in [0.1, 0.15) is 11.4 Å². The minimum Gasteiger partial charge on any atom is -0.192 e. The Hall–Kier alpha value is -2.32. The summed E-state index contributed by atoms with van der Waals surface area (Å²) in [5.41, 5.74) is 3.92. The maximum absolute atomic E-state index is 12.6. The van der Waals surface area contributed by atoms with Crippen molar-refractivity contribution >= 4 is 21.9 Å². The lowest BCUT2D eigenvalue weighted by atomic mass is 9.87.